The molecule has 2 N–H and O–H groups in total. The van der Waals surface area contributed by atoms with Gasteiger partial charge < -0.3 is 10.4 Å². The van der Waals surface area contributed by atoms with E-state index < -0.39 is 5.97 Å². The molecule has 94 valence electrons. The van der Waals surface area contributed by atoms with E-state index in [-0.39, 0.29) is 5.56 Å². The predicted octanol–water partition coefficient (Wildman–Crippen LogP) is 1.25. The number of carboxylic acids is 1. The van der Waals surface area contributed by atoms with Gasteiger partial charge >= 0.3 is 5.97 Å². The van der Waals surface area contributed by atoms with Gasteiger partial charge in [0, 0.05) is 23.4 Å². The van der Waals surface area contributed by atoms with Gasteiger partial charge in [-0.05, 0) is 22.0 Å². The minimum atomic E-state index is -1.02. The third kappa shape index (κ3) is 3.04. The first kappa shape index (κ1) is 12.5. The zero-order chi connectivity index (χ0) is 13.0. The zero-order valence-electron chi connectivity index (χ0n) is 9.25. The third-order valence-corrected chi connectivity index (χ3v) is 2.62. The molecule has 2 heterocycles. The minimum Gasteiger partial charge on any atom is -0.478 e. The molecule has 0 aliphatic heterocycles. The van der Waals surface area contributed by atoms with E-state index in [2.05, 4.69) is 36.5 Å². The highest BCUT2D eigenvalue weighted by atomic mass is 79.9. The summed E-state index contributed by atoms with van der Waals surface area (Å²) >= 11 is 3.19. The summed E-state index contributed by atoms with van der Waals surface area (Å²) in [7, 11) is 0. The van der Waals surface area contributed by atoms with E-state index >= 15 is 0 Å². The Morgan fingerprint density at radius 2 is 2.39 bits per heavy atom. The summed E-state index contributed by atoms with van der Waals surface area (Å²) in [5.41, 5.74) is 0.128. The molecule has 0 fully saturated rings. The molecule has 0 saturated carbocycles. The van der Waals surface area contributed by atoms with Crippen LogP contribution in [0, 0.1) is 0 Å². The van der Waals surface area contributed by atoms with E-state index in [1.165, 1.54) is 6.07 Å². The fourth-order valence-electron chi connectivity index (χ4n) is 1.38. The number of pyridine rings is 1. The molecule has 2 rings (SSSR count). The summed E-state index contributed by atoms with van der Waals surface area (Å²) in [5, 5.41) is 19.5. The predicted molar refractivity (Wildman–Crippen MR) is 67.4 cm³/mol. The molecule has 7 nitrogen and oxygen atoms in total. The summed E-state index contributed by atoms with van der Waals surface area (Å²) in [6, 6.07) is 1.51. The van der Waals surface area contributed by atoms with Gasteiger partial charge in [-0.3, -0.25) is 4.68 Å². The van der Waals surface area contributed by atoms with Crippen molar-refractivity contribution in [1.82, 2.24) is 20.0 Å². The zero-order valence-corrected chi connectivity index (χ0v) is 10.8. The topological polar surface area (TPSA) is 92.9 Å². The Hall–Kier alpha value is -1.96. The van der Waals surface area contributed by atoms with Crippen LogP contribution in [-0.4, -0.2) is 37.6 Å². The Labute approximate surface area is 111 Å². The van der Waals surface area contributed by atoms with Crippen LogP contribution in [0.4, 0.5) is 5.82 Å². The number of halogens is 1. The van der Waals surface area contributed by atoms with Crippen molar-refractivity contribution in [3.8, 4) is 0 Å². The molecule has 0 bridgehead atoms. The van der Waals surface area contributed by atoms with Gasteiger partial charge in [-0.2, -0.15) is 0 Å². The van der Waals surface area contributed by atoms with Gasteiger partial charge in [0.25, 0.3) is 0 Å². The second-order valence-corrected chi connectivity index (χ2v) is 4.36. The number of carbonyl (C=O) groups is 1. The van der Waals surface area contributed by atoms with Crippen LogP contribution < -0.4 is 5.32 Å². The highest BCUT2D eigenvalue weighted by Gasteiger charge is 2.11. The molecular formula is C10H10BrN5O2. The quantitative estimate of drug-likeness (QED) is 0.863. The van der Waals surface area contributed by atoms with E-state index in [0.717, 1.165) is 0 Å². The van der Waals surface area contributed by atoms with Gasteiger partial charge in [-0.25, -0.2) is 9.78 Å². The van der Waals surface area contributed by atoms with Crippen molar-refractivity contribution >= 4 is 27.7 Å². The first-order chi connectivity index (χ1) is 8.66. The third-order valence-electron chi connectivity index (χ3n) is 2.19. The van der Waals surface area contributed by atoms with Crippen molar-refractivity contribution in [3.63, 3.8) is 0 Å². The number of hydrogen-bond acceptors (Lipinski definition) is 5. The molecule has 0 aromatic carbocycles. The molecule has 0 unspecified atom stereocenters. The summed E-state index contributed by atoms with van der Waals surface area (Å²) in [4.78, 5) is 15.1. The van der Waals surface area contributed by atoms with Crippen LogP contribution in [-0.2, 0) is 6.54 Å². The maximum Gasteiger partial charge on any atom is 0.339 e. The Morgan fingerprint density at radius 3 is 3.06 bits per heavy atom. The van der Waals surface area contributed by atoms with Gasteiger partial charge in [0.05, 0.1) is 12.7 Å². The van der Waals surface area contributed by atoms with Crippen LogP contribution in [0.15, 0.2) is 29.1 Å². The molecule has 0 radical (unpaired) electrons. The van der Waals surface area contributed by atoms with Crippen LogP contribution in [0.2, 0.25) is 0 Å². The molecule has 0 amide bonds. The smallest absolute Gasteiger partial charge is 0.339 e. The minimum absolute atomic E-state index is 0.128. The molecule has 0 spiro atoms. The van der Waals surface area contributed by atoms with Crippen LogP contribution in [0.1, 0.15) is 10.4 Å². The number of carboxylic acid groups (broad SMARTS) is 1. The molecule has 0 atom stereocenters. The Kier molecular flexibility index (Phi) is 3.88. The number of nitrogens with zero attached hydrogens (tertiary/aromatic N) is 4. The van der Waals surface area contributed by atoms with Crippen molar-refractivity contribution in [2.45, 2.75) is 6.54 Å². The molecule has 8 heteroatoms. The molecular weight excluding hydrogens is 302 g/mol. The van der Waals surface area contributed by atoms with Gasteiger partial charge in [0.2, 0.25) is 0 Å². The van der Waals surface area contributed by atoms with Crippen LogP contribution in [0.3, 0.4) is 0 Å². The Balaban J connectivity index is 2.02. The first-order valence-electron chi connectivity index (χ1n) is 5.13. The Bertz CT molecular complexity index is 543. The lowest BCUT2D eigenvalue weighted by molar-refractivity contribution is 0.0697. The fraction of sp³-hybridized carbons (Fsp3) is 0.200. The molecule has 0 aliphatic carbocycles. The van der Waals surface area contributed by atoms with Gasteiger partial charge in [-0.15, -0.1) is 5.10 Å². The number of anilines is 1. The van der Waals surface area contributed by atoms with E-state index in [0.29, 0.717) is 23.4 Å². The van der Waals surface area contributed by atoms with Gasteiger partial charge in [0.15, 0.2) is 0 Å². The largest absolute Gasteiger partial charge is 0.478 e. The highest BCUT2D eigenvalue weighted by molar-refractivity contribution is 9.10. The summed E-state index contributed by atoms with van der Waals surface area (Å²) < 4.78 is 2.27. The average molecular weight is 312 g/mol. The average Bonchev–Trinajstić information content (AvgIpc) is 2.84. The summed E-state index contributed by atoms with van der Waals surface area (Å²) in [6.07, 6.45) is 4.86. The second-order valence-electron chi connectivity index (χ2n) is 3.45. The normalized spacial score (nSPS) is 10.3. The maximum absolute atomic E-state index is 11.0. The van der Waals surface area contributed by atoms with Crippen molar-refractivity contribution < 1.29 is 9.90 Å². The van der Waals surface area contributed by atoms with E-state index in [9.17, 15) is 4.79 Å². The van der Waals surface area contributed by atoms with Crippen LogP contribution >= 0.6 is 15.9 Å². The van der Waals surface area contributed by atoms with Crippen molar-refractivity contribution in [2.75, 3.05) is 11.9 Å². The standard InChI is InChI=1S/C10H10BrN5O2/c11-7-5-8(10(17)18)9(13-6-7)12-1-3-16-4-2-14-15-16/h2,4-6H,1,3H2,(H,12,13)(H,17,18). The summed E-state index contributed by atoms with van der Waals surface area (Å²) in [5.74, 6) is -0.683. The molecule has 0 saturated heterocycles. The monoisotopic (exact) mass is 311 g/mol. The lowest BCUT2D eigenvalue weighted by Gasteiger charge is -2.08. The number of rotatable bonds is 5. The number of aromatic carboxylic acids is 1. The van der Waals surface area contributed by atoms with Gasteiger partial charge in [0.1, 0.15) is 11.4 Å². The van der Waals surface area contributed by atoms with Crippen LogP contribution in [0.5, 0.6) is 0 Å². The lowest BCUT2D eigenvalue weighted by atomic mass is 10.2. The van der Waals surface area contributed by atoms with E-state index in [1.807, 2.05) is 0 Å². The van der Waals surface area contributed by atoms with Crippen molar-refractivity contribution in [1.29, 1.82) is 0 Å². The number of aromatic nitrogens is 4. The fourth-order valence-corrected chi connectivity index (χ4v) is 1.72. The van der Waals surface area contributed by atoms with E-state index in [4.69, 9.17) is 5.11 Å². The molecule has 0 aliphatic rings. The second kappa shape index (κ2) is 5.58. The number of hydrogen-bond donors (Lipinski definition) is 2. The SMILES string of the molecule is O=C(O)c1cc(Br)cnc1NCCn1ccnn1. The lowest BCUT2D eigenvalue weighted by Crippen LogP contribution is -2.14. The molecule has 18 heavy (non-hydrogen) atoms. The number of nitrogens with one attached hydrogen (secondary N) is 1. The van der Waals surface area contributed by atoms with Crippen molar-refractivity contribution in [3.05, 3.63) is 34.7 Å². The maximum atomic E-state index is 11.0. The van der Waals surface area contributed by atoms with E-state index in [1.54, 1.807) is 23.3 Å². The van der Waals surface area contributed by atoms with Crippen LogP contribution in [0.25, 0.3) is 0 Å². The summed E-state index contributed by atoms with van der Waals surface area (Å²) in [6.45, 7) is 1.09. The molecule has 2 aromatic heterocycles. The highest BCUT2D eigenvalue weighted by Crippen LogP contribution is 2.17. The Morgan fingerprint density at radius 1 is 1.56 bits per heavy atom. The first-order valence-corrected chi connectivity index (χ1v) is 5.93. The van der Waals surface area contributed by atoms with Crippen molar-refractivity contribution in [2.24, 2.45) is 0 Å². The van der Waals surface area contributed by atoms with Gasteiger partial charge in [-0.1, -0.05) is 5.21 Å². The molecule has 2 aromatic rings.